The van der Waals surface area contributed by atoms with Gasteiger partial charge in [0.1, 0.15) is 0 Å². The fourth-order valence-corrected chi connectivity index (χ4v) is 1.92. The lowest BCUT2D eigenvalue weighted by Gasteiger charge is -2.16. The number of nitro benzene ring substituents is 1. The summed E-state index contributed by atoms with van der Waals surface area (Å²) in [5, 5.41) is 20.0. The molecule has 1 aliphatic rings. The van der Waals surface area contributed by atoms with Gasteiger partial charge >= 0.3 is 0 Å². The van der Waals surface area contributed by atoms with Crippen LogP contribution in [0.25, 0.3) is 0 Å². The fraction of sp³-hybridized carbons (Fsp3) is 0.273. The number of aliphatic hydroxyl groups excluding tert-OH is 1. The van der Waals surface area contributed by atoms with Crippen molar-refractivity contribution in [2.75, 3.05) is 12.4 Å². The summed E-state index contributed by atoms with van der Waals surface area (Å²) in [5.74, 6) is -1.36. The predicted molar refractivity (Wildman–Crippen MR) is 65.2 cm³/mol. The smallest absolute Gasteiger partial charge is 0.270 e. The second-order valence-electron chi connectivity index (χ2n) is 4.02. The Labute approximate surface area is 112 Å². The molecule has 0 radical (unpaired) electrons. The first-order valence-corrected chi connectivity index (χ1v) is 5.87. The van der Waals surface area contributed by atoms with Crippen LogP contribution < -0.4 is 0 Å². The lowest BCUT2D eigenvalue weighted by atomic mass is 10.1. The Balaban J connectivity index is 2.36. The maximum atomic E-state index is 12.0. The summed E-state index contributed by atoms with van der Waals surface area (Å²) in [5.41, 5.74) is -0.196. The molecule has 1 aliphatic heterocycles. The van der Waals surface area contributed by atoms with Crippen LogP contribution in [0.5, 0.6) is 0 Å². The Bertz CT molecular complexity index is 574. The van der Waals surface area contributed by atoms with Crippen molar-refractivity contribution in [3.8, 4) is 0 Å². The van der Waals surface area contributed by atoms with E-state index in [4.69, 9.17) is 11.6 Å². The molecule has 7 nitrogen and oxygen atoms in total. The maximum absolute atomic E-state index is 12.0. The zero-order valence-corrected chi connectivity index (χ0v) is 10.3. The summed E-state index contributed by atoms with van der Waals surface area (Å²) in [6.07, 6.45) is -1.03. The van der Waals surface area contributed by atoms with Gasteiger partial charge in [-0.25, -0.2) is 0 Å². The van der Waals surface area contributed by atoms with Gasteiger partial charge in [-0.05, 0) is 6.07 Å². The van der Waals surface area contributed by atoms with Gasteiger partial charge in [-0.15, -0.1) is 11.6 Å². The van der Waals surface area contributed by atoms with Crippen molar-refractivity contribution in [1.29, 1.82) is 0 Å². The van der Waals surface area contributed by atoms with E-state index in [1.54, 1.807) is 0 Å². The molecule has 2 amide bonds. The topological polar surface area (TPSA) is 101 Å². The van der Waals surface area contributed by atoms with Crippen LogP contribution in [0.4, 0.5) is 5.69 Å². The molecule has 1 heterocycles. The number of halogens is 1. The van der Waals surface area contributed by atoms with Gasteiger partial charge in [0.15, 0.2) is 0 Å². The van der Waals surface area contributed by atoms with E-state index >= 15 is 0 Å². The van der Waals surface area contributed by atoms with Crippen LogP contribution in [0.15, 0.2) is 18.2 Å². The minimum absolute atomic E-state index is 0.0269. The maximum Gasteiger partial charge on any atom is 0.270 e. The average molecular weight is 285 g/mol. The second kappa shape index (κ2) is 4.94. The number of amides is 2. The van der Waals surface area contributed by atoms with Crippen LogP contribution in [0.3, 0.4) is 0 Å². The summed E-state index contributed by atoms with van der Waals surface area (Å²) in [4.78, 5) is 34.7. The molecule has 100 valence electrons. The van der Waals surface area contributed by atoms with Gasteiger partial charge in [0.25, 0.3) is 17.5 Å². The summed E-state index contributed by atoms with van der Waals surface area (Å²) < 4.78 is 0. The first kappa shape index (κ1) is 13.4. The Morgan fingerprint density at radius 1 is 1.32 bits per heavy atom. The molecule has 0 aromatic heterocycles. The van der Waals surface area contributed by atoms with Crippen molar-refractivity contribution in [3.63, 3.8) is 0 Å². The molecule has 8 heteroatoms. The third-order valence-corrected chi connectivity index (χ3v) is 3.09. The van der Waals surface area contributed by atoms with E-state index in [1.807, 2.05) is 0 Å². The number of carbonyl (C=O) groups excluding carboxylic acids is 2. The molecule has 0 bridgehead atoms. The highest BCUT2D eigenvalue weighted by Gasteiger charge is 2.37. The monoisotopic (exact) mass is 284 g/mol. The van der Waals surface area contributed by atoms with Crippen molar-refractivity contribution in [1.82, 2.24) is 4.90 Å². The summed E-state index contributed by atoms with van der Waals surface area (Å²) in [6, 6.07) is 3.45. The summed E-state index contributed by atoms with van der Waals surface area (Å²) in [6.45, 7) is -0.232. The van der Waals surface area contributed by atoms with E-state index in [0.717, 1.165) is 17.0 Å². The SMILES string of the molecule is O=C1c2ccc([N+](=O)[O-])cc2C(=O)N1CC(O)CCl. The molecule has 0 fully saturated rings. The van der Waals surface area contributed by atoms with Crippen LogP contribution in [0, 0.1) is 10.1 Å². The number of nitro groups is 1. The zero-order valence-electron chi connectivity index (χ0n) is 9.58. The molecule has 0 saturated carbocycles. The highest BCUT2D eigenvalue weighted by Crippen LogP contribution is 2.26. The van der Waals surface area contributed by atoms with E-state index < -0.39 is 22.8 Å². The normalized spacial score (nSPS) is 15.6. The van der Waals surface area contributed by atoms with Crippen molar-refractivity contribution in [2.45, 2.75) is 6.10 Å². The number of hydrogen-bond donors (Lipinski definition) is 1. The van der Waals surface area contributed by atoms with Crippen LogP contribution in [0.2, 0.25) is 0 Å². The second-order valence-corrected chi connectivity index (χ2v) is 4.32. The first-order valence-electron chi connectivity index (χ1n) is 5.34. The number of imide groups is 1. The Morgan fingerprint density at radius 3 is 2.53 bits per heavy atom. The predicted octanol–water partition coefficient (Wildman–Crippen LogP) is 0.790. The van der Waals surface area contributed by atoms with Gasteiger partial charge < -0.3 is 5.11 Å². The largest absolute Gasteiger partial charge is 0.390 e. The third kappa shape index (κ3) is 2.29. The highest BCUT2D eigenvalue weighted by atomic mass is 35.5. The third-order valence-electron chi connectivity index (χ3n) is 2.74. The molecular formula is C11H9ClN2O5. The Kier molecular flexibility index (Phi) is 3.50. The van der Waals surface area contributed by atoms with Crippen LogP contribution in [0.1, 0.15) is 20.7 Å². The molecule has 1 atom stereocenters. The lowest BCUT2D eigenvalue weighted by Crippen LogP contribution is -2.37. The number of nitrogens with zero attached hydrogens (tertiary/aromatic N) is 2. The number of carbonyl (C=O) groups is 2. The minimum Gasteiger partial charge on any atom is -0.390 e. The van der Waals surface area contributed by atoms with Gasteiger partial charge in [-0.3, -0.25) is 24.6 Å². The molecule has 2 rings (SSSR count). The molecule has 1 unspecified atom stereocenters. The molecule has 1 aromatic carbocycles. The summed E-state index contributed by atoms with van der Waals surface area (Å²) >= 11 is 5.42. The number of benzene rings is 1. The van der Waals surface area contributed by atoms with E-state index in [9.17, 15) is 24.8 Å². The van der Waals surface area contributed by atoms with Gasteiger partial charge in [0.05, 0.1) is 34.6 Å². The van der Waals surface area contributed by atoms with Crippen molar-refractivity contribution in [2.24, 2.45) is 0 Å². The Morgan fingerprint density at radius 2 is 1.95 bits per heavy atom. The number of fused-ring (bicyclic) bond motifs is 1. The van der Waals surface area contributed by atoms with Crippen molar-refractivity contribution in [3.05, 3.63) is 39.4 Å². The fourth-order valence-electron chi connectivity index (χ4n) is 1.82. The highest BCUT2D eigenvalue weighted by molar-refractivity contribution is 6.22. The molecule has 1 aromatic rings. The number of aliphatic hydroxyl groups is 1. The van der Waals surface area contributed by atoms with E-state index in [0.29, 0.717) is 0 Å². The van der Waals surface area contributed by atoms with Crippen LogP contribution in [-0.4, -0.2) is 45.3 Å². The van der Waals surface area contributed by atoms with E-state index in [-0.39, 0.29) is 29.2 Å². The van der Waals surface area contributed by atoms with Crippen molar-refractivity contribution < 1.29 is 19.6 Å². The van der Waals surface area contributed by atoms with Gasteiger partial charge in [-0.2, -0.15) is 0 Å². The first-order chi connectivity index (χ1) is 8.95. The Hall–Kier alpha value is -1.99. The molecule has 0 aliphatic carbocycles. The number of non-ortho nitro benzene ring substituents is 1. The van der Waals surface area contributed by atoms with Gasteiger partial charge in [-0.1, -0.05) is 0 Å². The molecule has 19 heavy (non-hydrogen) atoms. The molecule has 0 saturated heterocycles. The van der Waals surface area contributed by atoms with E-state index in [1.165, 1.54) is 6.07 Å². The van der Waals surface area contributed by atoms with E-state index in [2.05, 4.69) is 0 Å². The van der Waals surface area contributed by atoms with Gasteiger partial charge in [0.2, 0.25) is 0 Å². The van der Waals surface area contributed by atoms with Crippen molar-refractivity contribution >= 4 is 29.1 Å². The number of β-amino-alcohol motifs (C(OH)–C–C–N with tert-alkyl or cyclic N) is 1. The van der Waals surface area contributed by atoms with Gasteiger partial charge in [0, 0.05) is 12.1 Å². The number of alkyl halides is 1. The van der Waals surface area contributed by atoms with Crippen LogP contribution in [-0.2, 0) is 0 Å². The standard InChI is InChI=1S/C11H9ClN2O5/c12-4-7(15)5-13-10(16)8-2-1-6(14(18)19)3-9(8)11(13)17/h1-3,7,15H,4-5H2. The number of rotatable bonds is 4. The molecular weight excluding hydrogens is 276 g/mol. The number of hydrogen-bond acceptors (Lipinski definition) is 5. The summed E-state index contributed by atoms with van der Waals surface area (Å²) in [7, 11) is 0. The van der Waals surface area contributed by atoms with Crippen LogP contribution >= 0.6 is 11.6 Å². The quantitative estimate of drug-likeness (QED) is 0.381. The zero-order chi connectivity index (χ0) is 14.2. The molecule has 0 spiro atoms. The average Bonchev–Trinajstić information content (AvgIpc) is 2.63. The minimum atomic E-state index is -1.03. The lowest BCUT2D eigenvalue weighted by molar-refractivity contribution is -0.384. The molecule has 1 N–H and O–H groups in total.